The van der Waals surface area contributed by atoms with Gasteiger partial charge in [-0.15, -0.1) is 0 Å². The normalized spacial score (nSPS) is 25.8. The minimum atomic E-state index is -0.728. The van der Waals surface area contributed by atoms with Crippen LogP contribution >= 0.6 is 0 Å². The first kappa shape index (κ1) is 16.0. The van der Waals surface area contributed by atoms with Crippen LogP contribution in [0.4, 0.5) is 0 Å². The molecule has 0 aromatic carbocycles. The Hall–Kier alpha value is -1.40. The smallest absolute Gasteiger partial charge is 0.308 e. The van der Waals surface area contributed by atoms with Crippen LogP contribution in [0, 0.1) is 5.92 Å². The topological polar surface area (TPSA) is 76.4 Å². The summed E-state index contributed by atoms with van der Waals surface area (Å²) in [7, 11) is 1.95. The summed E-state index contributed by atoms with van der Waals surface area (Å²) in [6.07, 6.45) is 6.31. The number of aryl methyl sites for hydroxylation is 1. The number of imidazole rings is 1. The van der Waals surface area contributed by atoms with E-state index in [0.717, 1.165) is 5.82 Å². The van der Waals surface area contributed by atoms with Crippen molar-refractivity contribution in [3.05, 3.63) is 18.2 Å². The van der Waals surface area contributed by atoms with Gasteiger partial charge in [0, 0.05) is 26.0 Å². The zero-order chi connectivity index (χ0) is 15.3. The van der Waals surface area contributed by atoms with Gasteiger partial charge in [-0.1, -0.05) is 0 Å². The fourth-order valence-corrected chi connectivity index (χ4v) is 2.80. The molecule has 0 spiro atoms. The lowest BCUT2D eigenvalue weighted by Crippen LogP contribution is -2.44. The third-order valence-electron chi connectivity index (χ3n) is 4.19. The molecular weight excluding hydrogens is 270 g/mol. The van der Waals surface area contributed by atoms with Crippen molar-refractivity contribution in [2.24, 2.45) is 13.0 Å². The molecule has 0 bridgehead atoms. The van der Waals surface area contributed by atoms with Crippen molar-refractivity contribution in [3.8, 4) is 0 Å². The van der Waals surface area contributed by atoms with Gasteiger partial charge in [-0.2, -0.15) is 0 Å². The van der Waals surface area contributed by atoms with Crippen LogP contribution in [0.25, 0.3) is 0 Å². The van der Waals surface area contributed by atoms with E-state index in [1.165, 1.54) is 0 Å². The van der Waals surface area contributed by atoms with Crippen LogP contribution < -0.4 is 5.32 Å². The van der Waals surface area contributed by atoms with E-state index in [4.69, 9.17) is 4.74 Å². The highest BCUT2D eigenvalue weighted by Gasteiger charge is 2.36. The highest BCUT2D eigenvalue weighted by Crippen LogP contribution is 2.32. The molecule has 2 N–H and O–H groups in total. The highest BCUT2D eigenvalue weighted by atomic mass is 16.5. The number of nitrogens with zero attached hydrogens (tertiary/aromatic N) is 2. The predicted octanol–water partition coefficient (Wildman–Crippen LogP) is 0.994. The van der Waals surface area contributed by atoms with E-state index < -0.39 is 5.60 Å². The molecule has 1 saturated carbocycles. The van der Waals surface area contributed by atoms with E-state index in [9.17, 15) is 9.90 Å². The summed E-state index contributed by atoms with van der Waals surface area (Å²) in [5.41, 5.74) is -0.728. The molecule has 0 unspecified atom stereocenters. The van der Waals surface area contributed by atoms with Gasteiger partial charge in [0.05, 0.1) is 24.7 Å². The van der Waals surface area contributed by atoms with Crippen molar-refractivity contribution >= 4 is 5.97 Å². The minimum absolute atomic E-state index is 0.0558. The molecule has 21 heavy (non-hydrogen) atoms. The molecule has 0 radical (unpaired) electrons. The molecule has 1 aliphatic rings. The average molecular weight is 295 g/mol. The van der Waals surface area contributed by atoms with Crippen molar-refractivity contribution < 1.29 is 14.6 Å². The fourth-order valence-electron chi connectivity index (χ4n) is 2.80. The van der Waals surface area contributed by atoms with Gasteiger partial charge in [-0.25, -0.2) is 4.98 Å². The molecule has 118 valence electrons. The second-order valence-electron chi connectivity index (χ2n) is 5.81. The largest absolute Gasteiger partial charge is 0.466 e. The number of aromatic nitrogens is 2. The Morgan fingerprint density at radius 2 is 2.29 bits per heavy atom. The van der Waals surface area contributed by atoms with Crippen LogP contribution in [0.15, 0.2) is 12.4 Å². The number of nitrogens with one attached hydrogen (secondary N) is 1. The van der Waals surface area contributed by atoms with Crippen LogP contribution in [0.5, 0.6) is 0 Å². The molecule has 6 heteroatoms. The quantitative estimate of drug-likeness (QED) is 0.766. The number of carbonyl (C=O) groups excluding carboxylic acids is 1. The van der Waals surface area contributed by atoms with Crippen molar-refractivity contribution in [1.29, 1.82) is 0 Å². The zero-order valence-corrected chi connectivity index (χ0v) is 12.8. The summed E-state index contributed by atoms with van der Waals surface area (Å²) < 4.78 is 7.00. The van der Waals surface area contributed by atoms with Gasteiger partial charge < -0.3 is 19.7 Å². The van der Waals surface area contributed by atoms with Crippen LogP contribution in [0.2, 0.25) is 0 Å². The monoisotopic (exact) mass is 295 g/mol. The molecular formula is C15H25N3O3. The Labute approximate surface area is 125 Å². The second kappa shape index (κ2) is 7.04. The van der Waals surface area contributed by atoms with E-state index >= 15 is 0 Å². The molecule has 1 aliphatic carbocycles. The van der Waals surface area contributed by atoms with Crippen LogP contribution in [-0.2, 0) is 23.1 Å². The van der Waals surface area contributed by atoms with Crippen molar-refractivity contribution in [1.82, 2.24) is 14.9 Å². The average Bonchev–Trinajstić information content (AvgIpc) is 2.85. The Morgan fingerprint density at radius 1 is 1.57 bits per heavy atom. The first-order valence-corrected chi connectivity index (χ1v) is 7.60. The molecule has 6 nitrogen and oxygen atoms in total. The molecule has 1 fully saturated rings. The van der Waals surface area contributed by atoms with Crippen molar-refractivity contribution in [2.45, 2.75) is 44.8 Å². The summed E-state index contributed by atoms with van der Waals surface area (Å²) in [4.78, 5) is 15.9. The van der Waals surface area contributed by atoms with Crippen molar-refractivity contribution in [2.75, 3.05) is 13.2 Å². The second-order valence-corrected chi connectivity index (χ2v) is 5.81. The van der Waals surface area contributed by atoms with Gasteiger partial charge in [0.2, 0.25) is 0 Å². The molecule has 1 aromatic heterocycles. The summed E-state index contributed by atoms with van der Waals surface area (Å²) in [6, 6.07) is 0. The highest BCUT2D eigenvalue weighted by molar-refractivity contribution is 5.72. The summed E-state index contributed by atoms with van der Waals surface area (Å²) >= 11 is 0. The zero-order valence-electron chi connectivity index (χ0n) is 12.8. The molecule has 1 heterocycles. The maximum Gasteiger partial charge on any atom is 0.308 e. The van der Waals surface area contributed by atoms with Gasteiger partial charge in [0.25, 0.3) is 0 Å². The SMILES string of the molecule is CCOC(=O)C1CCC(O)(CNCc2nccn2C)CC1. The van der Waals surface area contributed by atoms with Crippen LogP contribution in [0.1, 0.15) is 38.4 Å². The van der Waals surface area contributed by atoms with E-state index in [1.807, 2.05) is 24.7 Å². The van der Waals surface area contributed by atoms with E-state index in [0.29, 0.717) is 45.4 Å². The maximum absolute atomic E-state index is 11.7. The third kappa shape index (κ3) is 4.28. The molecule has 0 aliphatic heterocycles. The molecule has 2 rings (SSSR count). The van der Waals surface area contributed by atoms with Crippen molar-refractivity contribution in [3.63, 3.8) is 0 Å². The van der Waals surface area contributed by atoms with E-state index in [1.54, 1.807) is 6.20 Å². The number of rotatable bonds is 6. The first-order chi connectivity index (χ1) is 10.0. The van der Waals surface area contributed by atoms with Gasteiger partial charge in [0.15, 0.2) is 0 Å². The predicted molar refractivity (Wildman–Crippen MR) is 78.5 cm³/mol. The molecule has 0 amide bonds. The summed E-state index contributed by atoms with van der Waals surface area (Å²) in [5, 5.41) is 13.8. The Bertz CT molecular complexity index is 464. The van der Waals surface area contributed by atoms with Gasteiger partial charge >= 0.3 is 5.97 Å². The van der Waals surface area contributed by atoms with Crippen LogP contribution in [-0.4, -0.2) is 39.4 Å². The summed E-state index contributed by atoms with van der Waals surface area (Å²) in [5.74, 6) is 0.763. The Morgan fingerprint density at radius 3 is 2.86 bits per heavy atom. The van der Waals surface area contributed by atoms with Gasteiger partial charge in [0.1, 0.15) is 5.82 Å². The third-order valence-corrected chi connectivity index (χ3v) is 4.19. The minimum Gasteiger partial charge on any atom is -0.466 e. The number of esters is 1. The van der Waals surface area contributed by atoms with E-state index in [2.05, 4.69) is 10.3 Å². The number of hydrogen-bond acceptors (Lipinski definition) is 5. The molecule has 0 atom stereocenters. The molecule has 0 saturated heterocycles. The Balaban J connectivity index is 1.74. The summed E-state index contributed by atoms with van der Waals surface area (Å²) in [6.45, 7) is 3.39. The van der Waals surface area contributed by atoms with E-state index in [-0.39, 0.29) is 11.9 Å². The number of aliphatic hydroxyl groups is 1. The lowest BCUT2D eigenvalue weighted by molar-refractivity contribution is -0.151. The Kier molecular flexibility index (Phi) is 5.36. The first-order valence-electron chi connectivity index (χ1n) is 7.60. The lowest BCUT2D eigenvalue weighted by atomic mass is 9.79. The number of hydrogen-bond donors (Lipinski definition) is 2. The lowest BCUT2D eigenvalue weighted by Gasteiger charge is -2.35. The van der Waals surface area contributed by atoms with Crippen LogP contribution in [0.3, 0.4) is 0 Å². The maximum atomic E-state index is 11.7. The van der Waals surface area contributed by atoms with Gasteiger partial charge in [-0.05, 0) is 32.6 Å². The molecule has 1 aromatic rings. The fraction of sp³-hybridized carbons (Fsp3) is 0.733. The number of carbonyl (C=O) groups is 1. The standard InChI is InChI=1S/C15H25N3O3/c1-3-21-14(19)12-4-6-15(20,7-5-12)11-16-10-13-17-8-9-18(13)2/h8-9,12,16,20H,3-7,10-11H2,1-2H3. The number of ether oxygens (including phenoxy) is 1. The van der Waals surface area contributed by atoms with Gasteiger partial charge in [-0.3, -0.25) is 4.79 Å².